The number of ether oxygens (including phenoxy) is 3. The third kappa shape index (κ3) is 4.16. The van der Waals surface area contributed by atoms with E-state index in [-0.39, 0.29) is 53.2 Å². The summed E-state index contributed by atoms with van der Waals surface area (Å²) in [5.41, 5.74) is 7.17. The van der Waals surface area contributed by atoms with Gasteiger partial charge in [0.05, 0.1) is 17.2 Å². The molecule has 0 aliphatic carbocycles. The van der Waals surface area contributed by atoms with Gasteiger partial charge >= 0.3 is 5.69 Å². The van der Waals surface area contributed by atoms with Gasteiger partial charge in [-0.3, -0.25) is 10.1 Å². The fourth-order valence-corrected chi connectivity index (χ4v) is 3.46. The van der Waals surface area contributed by atoms with Gasteiger partial charge < -0.3 is 25.1 Å². The Morgan fingerprint density at radius 2 is 2.03 bits per heavy atom. The summed E-state index contributed by atoms with van der Waals surface area (Å²) in [6, 6.07) is 11.1. The molecule has 4 rings (SSSR count). The van der Waals surface area contributed by atoms with Crippen LogP contribution >= 0.6 is 0 Å². The smallest absolute Gasteiger partial charge is 0.311 e. The Morgan fingerprint density at radius 3 is 2.76 bits per heavy atom. The molecule has 33 heavy (non-hydrogen) atoms. The van der Waals surface area contributed by atoms with Gasteiger partial charge in [-0.05, 0) is 30.2 Å². The Labute approximate surface area is 188 Å². The lowest BCUT2D eigenvalue weighted by atomic mass is 9.97. The monoisotopic (exact) mass is 448 g/mol. The number of aromatic hydroxyl groups is 1. The minimum Gasteiger partial charge on any atom is -0.507 e. The molecular weight excluding hydrogens is 428 g/mol. The predicted molar refractivity (Wildman–Crippen MR) is 119 cm³/mol. The van der Waals surface area contributed by atoms with E-state index in [0.29, 0.717) is 29.0 Å². The fraction of sp³-hybridized carbons (Fsp3) is 0.217. The average Bonchev–Trinajstić information content (AvgIpc) is 3.26. The maximum Gasteiger partial charge on any atom is 0.311 e. The number of nitro groups is 1. The van der Waals surface area contributed by atoms with Crippen LogP contribution in [0.25, 0.3) is 22.4 Å². The molecule has 3 aromatic rings. The molecule has 0 atom stereocenters. The normalized spacial score (nSPS) is 11.8. The number of fused-ring (bicyclic) bond motifs is 1. The SMILES string of the molecule is CCCCOc1cc(O)c(-c2cc(-c3ccc4c(c3)OCO4)c(C#N)c(N)n2)cc1[N+](=O)[O-]. The maximum absolute atomic E-state index is 11.6. The van der Waals surface area contributed by atoms with Gasteiger partial charge in [0.1, 0.15) is 23.2 Å². The molecule has 0 bridgehead atoms. The van der Waals surface area contributed by atoms with E-state index in [1.165, 1.54) is 12.1 Å². The van der Waals surface area contributed by atoms with Crippen molar-refractivity contribution in [3.05, 3.63) is 52.1 Å². The molecule has 0 spiro atoms. The number of hydrogen-bond donors (Lipinski definition) is 2. The molecule has 10 nitrogen and oxygen atoms in total. The molecule has 168 valence electrons. The summed E-state index contributed by atoms with van der Waals surface area (Å²) >= 11 is 0. The maximum atomic E-state index is 11.6. The molecule has 2 aromatic carbocycles. The Balaban J connectivity index is 1.84. The van der Waals surface area contributed by atoms with Gasteiger partial charge in [0.25, 0.3) is 0 Å². The highest BCUT2D eigenvalue weighted by molar-refractivity contribution is 5.83. The van der Waals surface area contributed by atoms with Crippen molar-refractivity contribution in [2.24, 2.45) is 0 Å². The fourth-order valence-electron chi connectivity index (χ4n) is 3.46. The Hall–Kier alpha value is -4.52. The number of nitrogens with two attached hydrogens (primary N) is 1. The summed E-state index contributed by atoms with van der Waals surface area (Å²) in [6.45, 7) is 2.35. The van der Waals surface area contributed by atoms with E-state index in [1.807, 2.05) is 13.0 Å². The van der Waals surface area contributed by atoms with Gasteiger partial charge in [-0.15, -0.1) is 0 Å². The van der Waals surface area contributed by atoms with Crippen molar-refractivity contribution in [1.29, 1.82) is 5.26 Å². The first-order valence-electron chi connectivity index (χ1n) is 10.2. The van der Waals surface area contributed by atoms with E-state index in [1.54, 1.807) is 24.3 Å². The molecular formula is C23H20N4O6. The number of pyridine rings is 1. The first kappa shape index (κ1) is 21.7. The van der Waals surface area contributed by atoms with Gasteiger partial charge in [0, 0.05) is 23.3 Å². The molecule has 0 fully saturated rings. The first-order chi connectivity index (χ1) is 15.9. The molecule has 0 radical (unpaired) electrons. The number of anilines is 1. The molecule has 2 heterocycles. The zero-order valence-corrected chi connectivity index (χ0v) is 17.7. The third-order valence-corrected chi connectivity index (χ3v) is 5.15. The van der Waals surface area contributed by atoms with Gasteiger partial charge in [-0.2, -0.15) is 5.26 Å². The van der Waals surface area contributed by atoms with Gasteiger partial charge in [0.2, 0.25) is 12.5 Å². The van der Waals surface area contributed by atoms with Crippen LogP contribution in [0.4, 0.5) is 11.5 Å². The van der Waals surface area contributed by atoms with Crippen molar-refractivity contribution in [2.75, 3.05) is 19.1 Å². The second kappa shape index (κ2) is 8.92. The van der Waals surface area contributed by atoms with E-state index in [0.717, 1.165) is 6.42 Å². The van der Waals surface area contributed by atoms with Crippen molar-refractivity contribution in [3.8, 4) is 51.5 Å². The Kier molecular flexibility index (Phi) is 5.87. The quantitative estimate of drug-likeness (QED) is 0.304. The largest absolute Gasteiger partial charge is 0.507 e. The van der Waals surface area contributed by atoms with Crippen molar-refractivity contribution in [1.82, 2.24) is 4.98 Å². The highest BCUT2D eigenvalue weighted by Gasteiger charge is 2.23. The lowest BCUT2D eigenvalue weighted by molar-refractivity contribution is -0.385. The number of nitriles is 1. The number of benzene rings is 2. The van der Waals surface area contributed by atoms with Gasteiger partial charge in [-0.1, -0.05) is 19.4 Å². The molecule has 0 amide bonds. The van der Waals surface area contributed by atoms with Crippen molar-refractivity contribution < 1.29 is 24.2 Å². The van der Waals surface area contributed by atoms with Crippen LogP contribution in [-0.4, -0.2) is 28.4 Å². The van der Waals surface area contributed by atoms with Crippen LogP contribution in [0, 0.1) is 21.4 Å². The highest BCUT2D eigenvalue weighted by atomic mass is 16.7. The van der Waals surface area contributed by atoms with Gasteiger partial charge in [0.15, 0.2) is 11.5 Å². The molecule has 1 aliphatic heterocycles. The van der Waals surface area contributed by atoms with Crippen LogP contribution in [0.15, 0.2) is 36.4 Å². The molecule has 1 aliphatic rings. The van der Waals surface area contributed by atoms with E-state index < -0.39 is 4.92 Å². The van der Waals surface area contributed by atoms with E-state index in [9.17, 15) is 20.5 Å². The van der Waals surface area contributed by atoms with E-state index >= 15 is 0 Å². The van der Waals surface area contributed by atoms with Crippen molar-refractivity contribution >= 4 is 11.5 Å². The minimum absolute atomic E-state index is 0.0349. The lowest BCUT2D eigenvalue weighted by Crippen LogP contribution is -2.02. The average molecular weight is 448 g/mol. The molecule has 1 aromatic heterocycles. The number of rotatable bonds is 7. The van der Waals surface area contributed by atoms with Crippen LogP contribution in [0.5, 0.6) is 23.0 Å². The minimum atomic E-state index is -0.587. The number of phenolic OH excluding ortho intramolecular Hbond substituents is 1. The second-order valence-electron chi connectivity index (χ2n) is 7.29. The van der Waals surface area contributed by atoms with Crippen molar-refractivity contribution in [2.45, 2.75) is 19.8 Å². The lowest BCUT2D eigenvalue weighted by Gasteiger charge is -2.13. The van der Waals surface area contributed by atoms with E-state index in [2.05, 4.69) is 4.98 Å². The van der Waals surface area contributed by atoms with Crippen molar-refractivity contribution in [3.63, 3.8) is 0 Å². The summed E-state index contributed by atoms with van der Waals surface area (Å²) in [7, 11) is 0. The standard InChI is InChI=1S/C23H20N4O6/c1-2-3-6-31-21-10-19(28)15(9-18(21)27(29)30)17-8-14(16(11-24)23(25)26-17)13-4-5-20-22(7-13)33-12-32-20/h4-5,7-10,28H,2-3,6,12H2,1H3,(H2,25,26). The summed E-state index contributed by atoms with van der Waals surface area (Å²) in [5.74, 6) is 0.715. The topological polar surface area (TPSA) is 154 Å². The number of hydrogen-bond acceptors (Lipinski definition) is 9. The summed E-state index contributed by atoms with van der Waals surface area (Å²) in [6.07, 6.45) is 1.57. The van der Waals surface area contributed by atoms with Crippen LogP contribution in [-0.2, 0) is 0 Å². The van der Waals surface area contributed by atoms with Gasteiger partial charge in [-0.25, -0.2) is 4.98 Å². The van der Waals surface area contributed by atoms with Crippen LogP contribution in [0.2, 0.25) is 0 Å². The molecule has 0 saturated heterocycles. The number of unbranched alkanes of at least 4 members (excludes halogenated alkanes) is 1. The number of nitrogen functional groups attached to an aromatic ring is 1. The zero-order chi connectivity index (χ0) is 23.5. The summed E-state index contributed by atoms with van der Waals surface area (Å²) < 4.78 is 16.2. The van der Waals surface area contributed by atoms with Crippen LogP contribution in [0.3, 0.4) is 0 Å². The molecule has 10 heteroatoms. The van der Waals surface area contributed by atoms with Crippen LogP contribution in [0.1, 0.15) is 25.3 Å². The van der Waals surface area contributed by atoms with Crippen LogP contribution < -0.4 is 19.9 Å². The first-order valence-corrected chi connectivity index (χ1v) is 10.2. The molecule has 0 unspecified atom stereocenters. The number of phenols is 1. The number of nitro benzene ring substituents is 1. The molecule has 0 saturated carbocycles. The molecule has 3 N–H and O–H groups in total. The zero-order valence-electron chi connectivity index (χ0n) is 17.7. The van der Waals surface area contributed by atoms with E-state index in [4.69, 9.17) is 19.9 Å². The Morgan fingerprint density at radius 1 is 1.24 bits per heavy atom. The summed E-state index contributed by atoms with van der Waals surface area (Å²) in [4.78, 5) is 15.3. The Bertz CT molecular complexity index is 1280. The predicted octanol–water partition coefficient (Wildman–Crippen LogP) is 4.39. The second-order valence-corrected chi connectivity index (χ2v) is 7.29. The summed E-state index contributed by atoms with van der Waals surface area (Å²) in [5, 5.41) is 31.9. The number of nitrogens with zero attached hydrogens (tertiary/aromatic N) is 3. The third-order valence-electron chi connectivity index (χ3n) is 5.15. The number of aromatic nitrogens is 1. The highest BCUT2D eigenvalue weighted by Crippen LogP contribution is 2.42.